The molecular weight excluding hydrogens is 720 g/mol. The fourth-order valence-corrected chi connectivity index (χ4v) is 15.7. The van der Waals surface area contributed by atoms with Crippen LogP contribution in [-0.2, 0) is 37.3 Å². The molecule has 0 spiro atoms. The minimum atomic E-state index is -5.12. The van der Waals surface area contributed by atoms with Gasteiger partial charge in [-0.05, 0) is 92.8 Å². The fourth-order valence-electron chi connectivity index (χ4n) is 12.7. The average Bonchev–Trinajstić information content (AvgIpc) is 3.79. The number of nitrogens with one attached hydrogen (secondary N) is 8. The van der Waals surface area contributed by atoms with Crippen molar-refractivity contribution < 1.29 is 43.0 Å². The third kappa shape index (κ3) is 6.40. The predicted molar refractivity (Wildman–Crippen MR) is 175 cm³/mol. The van der Waals surface area contributed by atoms with Crippen molar-refractivity contribution in [2.75, 3.05) is 0 Å². The molecule has 281 valence electrons. The normalized spacial score (nSPS) is 52.7. The summed E-state index contributed by atoms with van der Waals surface area (Å²) in [5.41, 5.74) is 0. The monoisotopic (exact) mass is 773 g/mol. The molecule has 49 heavy (non-hydrogen) atoms. The molecule has 0 aromatic heterocycles. The summed E-state index contributed by atoms with van der Waals surface area (Å²) in [4.78, 5) is 0. The van der Waals surface area contributed by atoms with Gasteiger partial charge in [-0.3, -0.25) is 42.5 Å². The van der Waals surface area contributed by atoms with E-state index in [9.17, 15) is 25.9 Å². The van der Waals surface area contributed by atoms with Crippen molar-refractivity contribution in [3.8, 4) is 0 Å². The Labute approximate surface area is 301 Å². The van der Waals surface area contributed by atoms with E-state index in [0.29, 0.717) is 41.9 Å². The molecule has 5 saturated heterocycles. The molecule has 1 radical (unpaired) electrons. The smallest absolute Gasteiger partial charge is 0.748 e. The van der Waals surface area contributed by atoms with Crippen molar-refractivity contribution >= 4 is 20.2 Å². The summed E-state index contributed by atoms with van der Waals surface area (Å²) < 4.78 is 76.3. The Balaban J connectivity index is 0.00000348. The largest absolute Gasteiger partial charge is 2.00 e. The van der Waals surface area contributed by atoms with Crippen molar-refractivity contribution in [3.05, 3.63) is 0 Å². The van der Waals surface area contributed by atoms with E-state index in [4.69, 9.17) is 0 Å². The second-order valence-corrected chi connectivity index (χ2v) is 19.9. The van der Waals surface area contributed by atoms with Crippen molar-refractivity contribution in [2.24, 2.45) is 47.3 Å². The molecule has 0 amide bonds. The van der Waals surface area contributed by atoms with Gasteiger partial charge in [0.2, 0.25) is 0 Å². The third-order valence-electron chi connectivity index (χ3n) is 14.6. The van der Waals surface area contributed by atoms with Crippen LogP contribution in [-0.4, -0.2) is 85.8 Å². The Morgan fingerprint density at radius 2 is 0.653 bits per heavy atom. The van der Waals surface area contributed by atoms with Crippen LogP contribution < -0.4 is 42.5 Å². The van der Waals surface area contributed by atoms with Crippen molar-refractivity contribution in [3.63, 3.8) is 0 Å². The van der Waals surface area contributed by atoms with Gasteiger partial charge in [0.15, 0.2) is 0 Å². The van der Waals surface area contributed by atoms with Crippen molar-refractivity contribution in [2.45, 2.75) is 150 Å². The predicted octanol–water partition coefficient (Wildman–Crippen LogP) is -0.349. The molecule has 9 fully saturated rings. The second kappa shape index (κ2) is 13.7. The molecule has 0 aromatic rings. The van der Waals surface area contributed by atoms with Gasteiger partial charge < -0.3 is 9.11 Å². The number of hydrogen-bond acceptors (Lipinski definition) is 14. The molecule has 8 N–H and O–H groups in total. The van der Waals surface area contributed by atoms with Crippen LogP contribution in [0.2, 0.25) is 0 Å². The van der Waals surface area contributed by atoms with E-state index in [-0.39, 0.29) is 72.6 Å². The van der Waals surface area contributed by atoms with Gasteiger partial charge in [0.25, 0.3) is 0 Å². The minimum Gasteiger partial charge on any atom is -0.748 e. The maximum Gasteiger partial charge on any atom is 2.00 e. The molecule has 9 rings (SSSR count). The van der Waals surface area contributed by atoms with Gasteiger partial charge >= 0.3 is 17.1 Å². The van der Waals surface area contributed by atoms with E-state index in [1.807, 2.05) is 0 Å². The first-order valence-corrected chi connectivity index (χ1v) is 22.0. The summed E-state index contributed by atoms with van der Waals surface area (Å²) >= 11 is 0. The Morgan fingerprint density at radius 3 is 0.939 bits per heavy atom. The topological polar surface area (TPSA) is 211 Å². The van der Waals surface area contributed by atoms with Crippen LogP contribution in [0.25, 0.3) is 0 Å². The molecule has 5 aliphatic heterocycles. The van der Waals surface area contributed by atoms with Gasteiger partial charge in [-0.25, -0.2) is 16.8 Å². The summed E-state index contributed by atoms with van der Waals surface area (Å²) in [6.07, 6.45) is 13.5. The molecule has 4 aliphatic carbocycles. The van der Waals surface area contributed by atoms with Crippen LogP contribution in [0.5, 0.6) is 0 Å². The molecule has 18 unspecified atom stereocenters. The molecular formula is C32H54CuN8O6S2. The molecule has 0 aromatic carbocycles. The first-order valence-electron chi connectivity index (χ1n) is 19.0. The van der Waals surface area contributed by atoms with Gasteiger partial charge in [-0.15, -0.1) is 0 Å². The van der Waals surface area contributed by atoms with Gasteiger partial charge in [0, 0.05) is 5.92 Å². The Morgan fingerprint density at radius 1 is 0.367 bits per heavy atom. The van der Waals surface area contributed by atoms with Gasteiger partial charge in [0.05, 0.1) is 80.1 Å². The van der Waals surface area contributed by atoms with Gasteiger partial charge in [-0.2, -0.15) is 0 Å². The zero-order valence-corrected chi connectivity index (χ0v) is 30.4. The Bertz CT molecular complexity index is 1450. The summed E-state index contributed by atoms with van der Waals surface area (Å²) in [5.74, 6) is 1.42. The molecule has 4 saturated carbocycles. The Hall–Kier alpha value is 0.0195. The first kappa shape index (κ1) is 36.0. The quantitative estimate of drug-likeness (QED) is 0.133. The van der Waals surface area contributed by atoms with E-state index in [1.165, 1.54) is 32.1 Å². The van der Waals surface area contributed by atoms with Crippen LogP contribution in [0.1, 0.15) is 89.9 Å². The Kier molecular flexibility index (Phi) is 10.1. The van der Waals surface area contributed by atoms with Gasteiger partial charge in [0.1, 0.15) is 0 Å². The molecule has 8 bridgehead atoms. The maximum absolute atomic E-state index is 13.0. The zero-order chi connectivity index (χ0) is 32.9. The average molecular weight is 775 g/mol. The third-order valence-corrected chi connectivity index (χ3v) is 17.4. The van der Waals surface area contributed by atoms with Gasteiger partial charge in [-0.1, -0.05) is 38.5 Å². The standard InChI is InChI=1S/C32H56N8O6S2.Cu/c41-47(42,43)22-14-13-21-23(24(22)48(44,45)46)32-39-30-20-12-6-5-11-19(20)28(37-30)35-26-16-8-2-1-7-15(16)25(33-26)34-27-17-9-3-4-10-18(17)29(36-27)38-31(21)40-32;/h15-40H,1-14H2,(H,41,42,43)(H,44,45,46);/q;+2/p-2. The van der Waals surface area contributed by atoms with E-state index in [0.717, 1.165) is 44.9 Å². The summed E-state index contributed by atoms with van der Waals surface area (Å²) in [6.45, 7) is 0. The summed E-state index contributed by atoms with van der Waals surface area (Å²) in [5, 5.41) is 27.7. The summed E-state index contributed by atoms with van der Waals surface area (Å²) in [7, 11) is -10.1. The van der Waals surface area contributed by atoms with E-state index in [1.54, 1.807) is 0 Å². The number of rotatable bonds is 2. The number of fused-ring (bicyclic) bond motifs is 20. The molecule has 9 aliphatic rings. The van der Waals surface area contributed by atoms with E-state index in [2.05, 4.69) is 42.5 Å². The minimum absolute atomic E-state index is 0. The fraction of sp³-hybridized carbons (Fsp3) is 1.00. The van der Waals surface area contributed by atoms with Crippen LogP contribution in [0, 0.1) is 47.3 Å². The van der Waals surface area contributed by atoms with Crippen molar-refractivity contribution in [1.82, 2.24) is 42.5 Å². The zero-order valence-electron chi connectivity index (χ0n) is 27.9. The van der Waals surface area contributed by atoms with E-state index >= 15 is 0 Å². The van der Waals surface area contributed by atoms with Crippen LogP contribution in [0.15, 0.2) is 0 Å². The molecule has 14 nitrogen and oxygen atoms in total. The van der Waals surface area contributed by atoms with Crippen LogP contribution in [0.3, 0.4) is 0 Å². The van der Waals surface area contributed by atoms with E-state index < -0.39 is 42.8 Å². The molecule has 5 heterocycles. The molecule has 17 heteroatoms. The maximum atomic E-state index is 13.0. The number of hydrogen-bond donors (Lipinski definition) is 8. The molecule has 18 atom stereocenters. The van der Waals surface area contributed by atoms with Crippen molar-refractivity contribution in [1.29, 1.82) is 0 Å². The second-order valence-electron chi connectivity index (χ2n) is 16.8. The SMILES string of the molecule is O=S(=O)([O-])C1CCC2C3NC4NC(NC5NC(NC6NC(NC(N3)C2C1S(=O)(=O)[O-])C1CCCCC61)C1CCCCC51)C1CCCCC41.[Cu+2]. The van der Waals surface area contributed by atoms with Crippen LogP contribution >= 0.6 is 0 Å². The first-order chi connectivity index (χ1) is 23.0. The summed E-state index contributed by atoms with van der Waals surface area (Å²) in [6, 6.07) is 0. The van der Waals surface area contributed by atoms with Crippen LogP contribution in [0.4, 0.5) is 0 Å².